The van der Waals surface area contributed by atoms with Gasteiger partial charge in [-0.15, -0.1) is 0 Å². The van der Waals surface area contributed by atoms with Crippen molar-refractivity contribution in [3.8, 4) is 0 Å². The zero-order chi connectivity index (χ0) is 19.7. The summed E-state index contributed by atoms with van der Waals surface area (Å²) in [5.41, 5.74) is 1.68. The molecule has 0 unspecified atom stereocenters. The van der Waals surface area contributed by atoms with Gasteiger partial charge in [-0.05, 0) is 56.3 Å². The van der Waals surface area contributed by atoms with Crippen molar-refractivity contribution in [1.82, 2.24) is 19.4 Å². The molecule has 1 aliphatic carbocycles. The van der Waals surface area contributed by atoms with E-state index in [9.17, 15) is 9.18 Å². The van der Waals surface area contributed by atoms with Gasteiger partial charge in [0.2, 0.25) is 0 Å². The van der Waals surface area contributed by atoms with Gasteiger partial charge in [0.15, 0.2) is 11.6 Å². The van der Waals surface area contributed by atoms with Crippen LogP contribution in [-0.4, -0.2) is 46.1 Å². The average molecular weight is 385 g/mol. The molecule has 1 aliphatic heterocycles. The summed E-state index contributed by atoms with van der Waals surface area (Å²) < 4.78 is 16.3. The maximum atomic E-state index is 14.7. The average Bonchev–Trinajstić information content (AvgIpc) is 3.51. The van der Waals surface area contributed by atoms with Gasteiger partial charge in [0.05, 0.1) is 5.69 Å². The molecular formula is C21H28FN5O. The molecule has 2 aromatic rings. The van der Waals surface area contributed by atoms with Crippen LogP contribution in [0.15, 0.2) is 29.5 Å². The Labute approximate surface area is 165 Å². The van der Waals surface area contributed by atoms with Gasteiger partial charge in [0, 0.05) is 45.4 Å². The number of aryl methyl sites for hydroxylation is 1. The maximum Gasteiger partial charge on any atom is 0.250 e. The molecule has 6 nitrogen and oxygen atoms in total. The Morgan fingerprint density at radius 2 is 1.96 bits per heavy atom. The minimum atomic E-state index is -0.240. The van der Waals surface area contributed by atoms with E-state index in [1.54, 1.807) is 17.7 Å². The fraction of sp³-hybridized carbons (Fsp3) is 0.571. The first kappa shape index (κ1) is 19.1. The molecular weight excluding hydrogens is 357 g/mol. The monoisotopic (exact) mass is 385 g/mol. The summed E-state index contributed by atoms with van der Waals surface area (Å²) in [5.74, 6) is 0.992. The molecule has 1 saturated heterocycles. The smallest absolute Gasteiger partial charge is 0.250 e. The van der Waals surface area contributed by atoms with Crippen LogP contribution in [0.3, 0.4) is 0 Å². The highest BCUT2D eigenvalue weighted by atomic mass is 19.1. The molecule has 0 bridgehead atoms. The molecule has 28 heavy (non-hydrogen) atoms. The van der Waals surface area contributed by atoms with Crippen molar-refractivity contribution in [2.24, 2.45) is 13.0 Å². The molecule has 150 valence electrons. The minimum absolute atomic E-state index is 0.0338. The second-order valence-electron chi connectivity index (χ2n) is 8.25. The van der Waals surface area contributed by atoms with Crippen molar-refractivity contribution in [3.05, 3.63) is 52.1 Å². The molecule has 0 aromatic carbocycles. The van der Waals surface area contributed by atoms with Gasteiger partial charge >= 0.3 is 0 Å². The van der Waals surface area contributed by atoms with Gasteiger partial charge in [0.1, 0.15) is 6.33 Å². The van der Waals surface area contributed by atoms with E-state index in [1.807, 2.05) is 24.2 Å². The number of halogens is 1. The highest BCUT2D eigenvalue weighted by molar-refractivity contribution is 5.41. The highest BCUT2D eigenvalue weighted by Gasteiger charge is 2.30. The van der Waals surface area contributed by atoms with Crippen LogP contribution in [0, 0.1) is 11.7 Å². The molecule has 2 aliphatic rings. The van der Waals surface area contributed by atoms with Gasteiger partial charge < -0.3 is 9.47 Å². The van der Waals surface area contributed by atoms with E-state index in [0.717, 1.165) is 57.4 Å². The van der Waals surface area contributed by atoms with E-state index in [-0.39, 0.29) is 17.3 Å². The fourth-order valence-electron chi connectivity index (χ4n) is 4.03. The Hall–Kier alpha value is -2.28. The van der Waals surface area contributed by atoms with E-state index >= 15 is 0 Å². The number of piperidine rings is 1. The van der Waals surface area contributed by atoms with Crippen LogP contribution in [0.25, 0.3) is 0 Å². The highest BCUT2D eigenvalue weighted by Crippen LogP contribution is 2.41. The fourth-order valence-corrected chi connectivity index (χ4v) is 4.03. The van der Waals surface area contributed by atoms with Crippen LogP contribution in [0.5, 0.6) is 0 Å². The summed E-state index contributed by atoms with van der Waals surface area (Å²) >= 11 is 0. The molecule has 0 spiro atoms. The molecule has 2 aromatic heterocycles. The molecule has 0 radical (unpaired) electrons. The molecule has 3 heterocycles. The van der Waals surface area contributed by atoms with Crippen molar-refractivity contribution in [2.45, 2.75) is 38.1 Å². The molecule has 2 fully saturated rings. The summed E-state index contributed by atoms with van der Waals surface area (Å²) in [5, 5.41) is 0. The van der Waals surface area contributed by atoms with Gasteiger partial charge in [0.25, 0.3) is 5.56 Å². The molecule has 4 rings (SSSR count). The SMILES string of the molecule is CN(CC1CCN(Cc2ccn(C)c(=O)c2)CC1)c1ncnc(C2CC2)c1F. The minimum Gasteiger partial charge on any atom is -0.357 e. The van der Waals surface area contributed by atoms with Crippen molar-refractivity contribution in [3.63, 3.8) is 0 Å². The van der Waals surface area contributed by atoms with Gasteiger partial charge in [-0.2, -0.15) is 0 Å². The number of rotatable bonds is 6. The lowest BCUT2D eigenvalue weighted by Crippen LogP contribution is -2.38. The number of pyridine rings is 1. The molecule has 1 saturated carbocycles. The van der Waals surface area contributed by atoms with E-state index in [2.05, 4.69) is 14.9 Å². The number of likely N-dealkylation sites (tertiary alicyclic amines) is 1. The second kappa shape index (κ2) is 7.99. The predicted molar refractivity (Wildman–Crippen MR) is 107 cm³/mol. The van der Waals surface area contributed by atoms with Gasteiger partial charge in [-0.25, -0.2) is 14.4 Å². The quantitative estimate of drug-likeness (QED) is 0.765. The lowest BCUT2D eigenvalue weighted by Gasteiger charge is -2.34. The van der Waals surface area contributed by atoms with Crippen LogP contribution >= 0.6 is 0 Å². The Kier molecular flexibility index (Phi) is 5.44. The molecule has 7 heteroatoms. The van der Waals surface area contributed by atoms with Crippen LogP contribution in [-0.2, 0) is 13.6 Å². The Morgan fingerprint density at radius 3 is 2.64 bits per heavy atom. The van der Waals surface area contributed by atoms with E-state index in [4.69, 9.17) is 0 Å². The standard InChI is InChI=1S/C21H28FN5O/c1-25-8-5-16(11-18(25)28)13-27-9-6-15(7-10-27)12-26(2)21-19(22)20(17-3-4-17)23-14-24-21/h5,8,11,14-15,17H,3-4,6-7,9-10,12-13H2,1-2H3. The number of aromatic nitrogens is 3. The van der Waals surface area contributed by atoms with Crippen LogP contribution in [0.1, 0.15) is 42.9 Å². The largest absolute Gasteiger partial charge is 0.357 e. The maximum absolute atomic E-state index is 14.7. The van der Waals surface area contributed by atoms with Crippen molar-refractivity contribution in [2.75, 3.05) is 31.6 Å². The third-order valence-electron chi connectivity index (χ3n) is 5.94. The first-order valence-corrected chi connectivity index (χ1v) is 10.1. The Morgan fingerprint density at radius 1 is 1.21 bits per heavy atom. The summed E-state index contributed by atoms with van der Waals surface area (Å²) in [4.78, 5) is 24.5. The zero-order valence-electron chi connectivity index (χ0n) is 16.6. The van der Waals surface area contributed by atoms with E-state index in [1.165, 1.54) is 6.33 Å². The third-order valence-corrected chi connectivity index (χ3v) is 5.94. The second-order valence-corrected chi connectivity index (χ2v) is 8.25. The number of anilines is 1. The summed E-state index contributed by atoms with van der Waals surface area (Å²) in [6.45, 7) is 3.60. The molecule has 0 N–H and O–H groups in total. The van der Waals surface area contributed by atoms with Crippen LogP contribution < -0.4 is 10.5 Å². The van der Waals surface area contributed by atoms with Crippen molar-refractivity contribution < 1.29 is 4.39 Å². The zero-order valence-corrected chi connectivity index (χ0v) is 16.6. The summed E-state index contributed by atoms with van der Waals surface area (Å²) in [6.07, 6.45) is 7.52. The first-order valence-electron chi connectivity index (χ1n) is 10.1. The Balaban J connectivity index is 1.31. The normalized spacial score (nSPS) is 18.4. The summed E-state index contributed by atoms with van der Waals surface area (Å²) in [6, 6.07) is 3.73. The molecule has 0 amide bonds. The number of hydrogen-bond donors (Lipinski definition) is 0. The lowest BCUT2D eigenvalue weighted by molar-refractivity contribution is 0.179. The number of hydrogen-bond acceptors (Lipinski definition) is 5. The number of nitrogens with zero attached hydrogens (tertiary/aromatic N) is 5. The third kappa shape index (κ3) is 4.24. The van der Waals surface area contributed by atoms with Crippen LogP contribution in [0.4, 0.5) is 10.2 Å². The first-order chi connectivity index (χ1) is 13.5. The van der Waals surface area contributed by atoms with Crippen molar-refractivity contribution >= 4 is 5.82 Å². The van der Waals surface area contributed by atoms with E-state index in [0.29, 0.717) is 17.4 Å². The molecule has 0 atom stereocenters. The summed E-state index contributed by atoms with van der Waals surface area (Å²) in [7, 11) is 3.69. The van der Waals surface area contributed by atoms with Gasteiger partial charge in [-0.3, -0.25) is 9.69 Å². The topological polar surface area (TPSA) is 54.3 Å². The lowest BCUT2D eigenvalue weighted by atomic mass is 9.96. The van der Waals surface area contributed by atoms with Crippen LogP contribution in [0.2, 0.25) is 0 Å². The predicted octanol–water partition coefficient (Wildman–Crippen LogP) is 2.54. The van der Waals surface area contributed by atoms with Gasteiger partial charge in [-0.1, -0.05) is 0 Å². The van der Waals surface area contributed by atoms with E-state index < -0.39 is 0 Å². The van der Waals surface area contributed by atoms with Crippen molar-refractivity contribution in [1.29, 1.82) is 0 Å². The Bertz CT molecular complexity index is 887.